The minimum atomic E-state index is -0.796. The number of para-hydroxylation sites is 2. The predicted octanol–water partition coefficient (Wildman–Crippen LogP) is 3.01. The second-order valence-corrected chi connectivity index (χ2v) is 7.89. The summed E-state index contributed by atoms with van der Waals surface area (Å²) in [4.78, 5) is 14.8. The van der Waals surface area contributed by atoms with E-state index in [1.54, 1.807) is 4.90 Å². The Hall–Kier alpha value is -3.29. The third kappa shape index (κ3) is 3.04. The number of carbonyl (C=O) groups is 1. The van der Waals surface area contributed by atoms with Gasteiger partial charge in [-0.25, -0.2) is 4.79 Å². The number of aromatic nitrogens is 3. The molecule has 1 spiro atoms. The number of pyridine rings is 1. The van der Waals surface area contributed by atoms with Gasteiger partial charge in [0.1, 0.15) is 0 Å². The molecule has 1 fully saturated rings. The number of ether oxygens (including phenoxy) is 2. The summed E-state index contributed by atoms with van der Waals surface area (Å²) in [7, 11) is 0. The summed E-state index contributed by atoms with van der Waals surface area (Å²) >= 11 is 0. The van der Waals surface area contributed by atoms with Crippen LogP contribution in [0.25, 0.3) is 5.65 Å². The summed E-state index contributed by atoms with van der Waals surface area (Å²) in [5.41, 5.74) is 0.757. The van der Waals surface area contributed by atoms with Crippen LogP contribution in [0.2, 0.25) is 0 Å². The molecule has 2 aliphatic rings. The lowest BCUT2D eigenvalue weighted by Crippen LogP contribution is -2.47. The molecule has 1 atom stereocenters. The van der Waals surface area contributed by atoms with E-state index in [1.165, 1.54) is 0 Å². The van der Waals surface area contributed by atoms with Gasteiger partial charge in [0.25, 0.3) is 5.79 Å². The Kier molecular flexibility index (Phi) is 4.08. The van der Waals surface area contributed by atoms with Crippen LogP contribution in [0.4, 0.5) is 4.79 Å². The van der Waals surface area contributed by atoms with Crippen molar-refractivity contribution in [3.63, 3.8) is 0 Å². The number of nitrogens with one attached hydrogen (secondary N) is 1. The Balaban J connectivity index is 1.32. The molecule has 1 N–H and O–H groups in total. The number of likely N-dealkylation sites (tertiary alicyclic amines) is 1. The van der Waals surface area contributed by atoms with Crippen molar-refractivity contribution in [1.82, 2.24) is 24.8 Å². The molecule has 2 amide bonds. The number of benzene rings is 1. The molecule has 2 aromatic heterocycles. The van der Waals surface area contributed by atoms with E-state index in [2.05, 4.69) is 29.4 Å². The van der Waals surface area contributed by atoms with E-state index in [1.807, 2.05) is 53.1 Å². The van der Waals surface area contributed by atoms with Crippen molar-refractivity contribution in [2.75, 3.05) is 13.1 Å². The average Bonchev–Trinajstić information content (AvgIpc) is 3.42. The highest BCUT2D eigenvalue weighted by molar-refractivity contribution is 5.75. The van der Waals surface area contributed by atoms with Crippen molar-refractivity contribution in [3.05, 3.63) is 54.5 Å². The lowest BCUT2D eigenvalue weighted by Gasteiger charge is -2.26. The van der Waals surface area contributed by atoms with Gasteiger partial charge in [0.15, 0.2) is 23.0 Å². The number of nitrogens with zero attached hydrogens (tertiary/aromatic N) is 4. The molecule has 2 aliphatic heterocycles. The van der Waals surface area contributed by atoms with Crippen LogP contribution in [0.1, 0.15) is 32.1 Å². The zero-order chi connectivity index (χ0) is 20.0. The lowest BCUT2D eigenvalue weighted by atomic mass is 10.0. The SMILES string of the molecule is CC(C)[C@H](NC(=O)N1CCC2(C1)Oc1ccccc1O2)c1nnc2ccccn12. The number of hydrogen-bond acceptors (Lipinski definition) is 5. The van der Waals surface area contributed by atoms with Crippen LogP contribution in [0.3, 0.4) is 0 Å². The normalized spacial score (nSPS) is 18.0. The Morgan fingerprint density at radius 2 is 1.83 bits per heavy atom. The van der Waals surface area contributed by atoms with Gasteiger partial charge in [-0.3, -0.25) is 4.40 Å². The first-order valence-corrected chi connectivity index (χ1v) is 9.87. The fourth-order valence-electron chi connectivity index (χ4n) is 3.96. The van der Waals surface area contributed by atoms with Gasteiger partial charge in [-0.05, 0) is 30.2 Å². The molecule has 0 bridgehead atoms. The van der Waals surface area contributed by atoms with Gasteiger partial charge in [-0.2, -0.15) is 0 Å². The molecule has 0 radical (unpaired) electrons. The molecule has 150 valence electrons. The predicted molar refractivity (Wildman–Crippen MR) is 106 cm³/mol. The maximum absolute atomic E-state index is 13.1. The first kappa shape index (κ1) is 17.8. The number of fused-ring (bicyclic) bond motifs is 2. The summed E-state index contributed by atoms with van der Waals surface area (Å²) in [6.45, 7) is 5.05. The van der Waals surface area contributed by atoms with Crippen LogP contribution >= 0.6 is 0 Å². The smallest absolute Gasteiger partial charge is 0.318 e. The van der Waals surface area contributed by atoms with Crippen molar-refractivity contribution >= 4 is 11.7 Å². The van der Waals surface area contributed by atoms with E-state index in [-0.39, 0.29) is 18.0 Å². The van der Waals surface area contributed by atoms with E-state index in [9.17, 15) is 4.79 Å². The van der Waals surface area contributed by atoms with Crippen LogP contribution in [0.5, 0.6) is 11.5 Å². The van der Waals surface area contributed by atoms with E-state index >= 15 is 0 Å². The third-order valence-corrected chi connectivity index (χ3v) is 5.49. The van der Waals surface area contributed by atoms with Gasteiger partial charge in [-0.1, -0.05) is 32.0 Å². The Bertz CT molecular complexity index is 1040. The largest absolute Gasteiger partial charge is 0.447 e. The van der Waals surface area contributed by atoms with Gasteiger partial charge in [0.05, 0.1) is 12.6 Å². The standard InChI is InChI=1S/C21H23N5O3/c1-14(2)18(19-24-23-17-9-5-6-11-26(17)19)22-20(27)25-12-10-21(13-25)28-15-7-3-4-8-16(15)29-21/h3-9,11,14,18H,10,12-13H2,1-2H3,(H,22,27)/t18-/m0/s1. The van der Waals surface area contributed by atoms with Crippen molar-refractivity contribution in [1.29, 1.82) is 0 Å². The second kappa shape index (κ2) is 6.65. The molecule has 1 aromatic carbocycles. The molecular weight excluding hydrogens is 370 g/mol. The minimum Gasteiger partial charge on any atom is -0.447 e. The highest BCUT2D eigenvalue weighted by Gasteiger charge is 2.49. The molecule has 8 heteroatoms. The first-order valence-electron chi connectivity index (χ1n) is 9.87. The fraction of sp³-hybridized carbons (Fsp3) is 0.381. The Morgan fingerprint density at radius 1 is 1.10 bits per heavy atom. The molecule has 1 saturated heterocycles. The molecular formula is C21H23N5O3. The van der Waals surface area contributed by atoms with E-state index in [0.29, 0.717) is 19.5 Å². The van der Waals surface area contributed by atoms with Gasteiger partial charge < -0.3 is 19.7 Å². The van der Waals surface area contributed by atoms with Crippen LogP contribution in [-0.2, 0) is 0 Å². The Morgan fingerprint density at radius 3 is 2.55 bits per heavy atom. The summed E-state index contributed by atoms with van der Waals surface area (Å²) in [6.07, 6.45) is 2.53. The number of carbonyl (C=O) groups excluding carboxylic acids is 1. The average molecular weight is 393 g/mol. The molecule has 0 saturated carbocycles. The number of hydrogen-bond donors (Lipinski definition) is 1. The van der Waals surface area contributed by atoms with Crippen LogP contribution in [-0.4, -0.2) is 44.4 Å². The maximum Gasteiger partial charge on any atom is 0.318 e. The van der Waals surface area contributed by atoms with Crippen molar-refractivity contribution < 1.29 is 14.3 Å². The van der Waals surface area contributed by atoms with Crippen molar-refractivity contribution in [2.24, 2.45) is 5.92 Å². The van der Waals surface area contributed by atoms with E-state index < -0.39 is 5.79 Å². The van der Waals surface area contributed by atoms with Crippen LogP contribution in [0.15, 0.2) is 48.7 Å². The molecule has 8 nitrogen and oxygen atoms in total. The summed E-state index contributed by atoms with van der Waals surface area (Å²) < 4.78 is 14.0. The molecule has 29 heavy (non-hydrogen) atoms. The number of urea groups is 1. The minimum absolute atomic E-state index is 0.145. The zero-order valence-corrected chi connectivity index (χ0v) is 16.4. The van der Waals surface area contributed by atoms with E-state index in [4.69, 9.17) is 9.47 Å². The van der Waals surface area contributed by atoms with Gasteiger partial charge in [0.2, 0.25) is 0 Å². The number of rotatable bonds is 3. The highest BCUT2D eigenvalue weighted by Crippen LogP contribution is 2.42. The number of amides is 2. The van der Waals surface area contributed by atoms with Crippen LogP contribution < -0.4 is 14.8 Å². The quantitative estimate of drug-likeness (QED) is 0.740. The summed E-state index contributed by atoms with van der Waals surface area (Å²) in [5, 5.41) is 11.7. The molecule has 5 rings (SSSR count). The van der Waals surface area contributed by atoms with Gasteiger partial charge in [0, 0.05) is 19.2 Å². The highest BCUT2D eigenvalue weighted by atomic mass is 16.7. The third-order valence-electron chi connectivity index (χ3n) is 5.49. The second-order valence-electron chi connectivity index (χ2n) is 7.89. The lowest BCUT2D eigenvalue weighted by molar-refractivity contribution is -0.0650. The fourth-order valence-corrected chi connectivity index (χ4v) is 3.96. The first-order chi connectivity index (χ1) is 14.0. The van der Waals surface area contributed by atoms with Crippen molar-refractivity contribution in [3.8, 4) is 11.5 Å². The maximum atomic E-state index is 13.1. The summed E-state index contributed by atoms with van der Waals surface area (Å²) in [6, 6.07) is 12.9. The van der Waals surface area contributed by atoms with Gasteiger partial charge in [-0.15, -0.1) is 10.2 Å². The zero-order valence-electron chi connectivity index (χ0n) is 16.4. The molecule has 0 aliphatic carbocycles. The molecule has 4 heterocycles. The van der Waals surface area contributed by atoms with Crippen LogP contribution in [0, 0.1) is 5.92 Å². The molecule has 3 aromatic rings. The topological polar surface area (TPSA) is 81.0 Å². The summed E-state index contributed by atoms with van der Waals surface area (Å²) in [5.74, 6) is 1.52. The van der Waals surface area contributed by atoms with E-state index in [0.717, 1.165) is 23.0 Å². The Labute approximate surface area is 168 Å². The monoisotopic (exact) mass is 393 g/mol. The molecule has 0 unspecified atom stereocenters. The van der Waals surface area contributed by atoms with Gasteiger partial charge >= 0.3 is 6.03 Å². The van der Waals surface area contributed by atoms with Crippen molar-refractivity contribution in [2.45, 2.75) is 32.1 Å².